The van der Waals surface area contributed by atoms with Crippen molar-refractivity contribution in [1.29, 1.82) is 0 Å². The molecule has 0 radical (unpaired) electrons. The Hall–Kier alpha value is -1.62. The molecular formula is C14H17ClN4O. The van der Waals surface area contributed by atoms with Crippen molar-refractivity contribution in [3.63, 3.8) is 0 Å². The van der Waals surface area contributed by atoms with Crippen LogP contribution in [0.5, 0.6) is 0 Å². The summed E-state index contributed by atoms with van der Waals surface area (Å²) in [5.74, 6) is 0.880. The number of halogens is 1. The zero-order valence-electron chi connectivity index (χ0n) is 11.1. The van der Waals surface area contributed by atoms with Crippen LogP contribution in [-0.2, 0) is 0 Å². The van der Waals surface area contributed by atoms with E-state index in [4.69, 9.17) is 11.6 Å². The van der Waals surface area contributed by atoms with Crippen molar-refractivity contribution in [2.75, 3.05) is 5.88 Å². The first-order valence-corrected chi connectivity index (χ1v) is 7.47. The standard InChI is InChI=1S/C14H17ClN4O/c15-7-10-3-1-2-4-12(10)18-14(20)11-8-17-19-6-5-16-9-13(11)19/h5-6,8-10,12H,1-4,7H2,(H,18,20). The van der Waals surface area contributed by atoms with E-state index in [0.717, 1.165) is 24.8 Å². The minimum atomic E-state index is -0.0879. The van der Waals surface area contributed by atoms with E-state index in [1.54, 1.807) is 29.3 Å². The van der Waals surface area contributed by atoms with Gasteiger partial charge in [0, 0.05) is 24.3 Å². The Balaban J connectivity index is 1.78. The molecular weight excluding hydrogens is 276 g/mol. The summed E-state index contributed by atoms with van der Waals surface area (Å²) in [6.45, 7) is 0. The molecule has 2 aromatic rings. The largest absolute Gasteiger partial charge is 0.349 e. The number of carbonyl (C=O) groups excluding carboxylic acids is 1. The Bertz CT molecular complexity index is 612. The van der Waals surface area contributed by atoms with E-state index in [-0.39, 0.29) is 11.9 Å². The van der Waals surface area contributed by atoms with Gasteiger partial charge in [0.05, 0.1) is 23.5 Å². The summed E-state index contributed by atoms with van der Waals surface area (Å²) in [4.78, 5) is 16.5. The number of aromatic nitrogens is 3. The summed E-state index contributed by atoms with van der Waals surface area (Å²) in [6.07, 6.45) is 11.1. The number of fused-ring (bicyclic) bond motifs is 1. The minimum Gasteiger partial charge on any atom is -0.349 e. The van der Waals surface area contributed by atoms with Crippen LogP contribution in [0.4, 0.5) is 0 Å². The van der Waals surface area contributed by atoms with Crippen LogP contribution in [0, 0.1) is 5.92 Å². The second kappa shape index (κ2) is 5.79. The van der Waals surface area contributed by atoms with Gasteiger partial charge in [-0.05, 0) is 18.8 Å². The lowest BCUT2D eigenvalue weighted by Gasteiger charge is -2.30. The molecule has 1 aliphatic carbocycles. The highest BCUT2D eigenvalue weighted by Crippen LogP contribution is 2.25. The van der Waals surface area contributed by atoms with Crippen molar-refractivity contribution in [3.05, 3.63) is 30.4 Å². The van der Waals surface area contributed by atoms with E-state index >= 15 is 0 Å². The summed E-state index contributed by atoms with van der Waals surface area (Å²) in [6, 6.07) is 0.167. The minimum absolute atomic E-state index is 0.0879. The Morgan fingerprint density at radius 1 is 1.40 bits per heavy atom. The maximum absolute atomic E-state index is 12.4. The van der Waals surface area contributed by atoms with Crippen molar-refractivity contribution in [2.45, 2.75) is 31.7 Å². The molecule has 0 aliphatic heterocycles. The summed E-state index contributed by atoms with van der Waals surface area (Å²) >= 11 is 6.00. The molecule has 0 aromatic carbocycles. The van der Waals surface area contributed by atoms with Crippen molar-refractivity contribution in [1.82, 2.24) is 19.9 Å². The molecule has 1 fully saturated rings. The molecule has 1 amide bonds. The fourth-order valence-electron chi connectivity index (χ4n) is 2.84. The molecule has 0 saturated heterocycles. The SMILES string of the molecule is O=C(NC1CCCCC1CCl)c1cnn2ccncc12. The van der Waals surface area contributed by atoms with Crippen LogP contribution in [0.3, 0.4) is 0 Å². The molecule has 0 spiro atoms. The van der Waals surface area contributed by atoms with Gasteiger partial charge < -0.3 is 5.32 Å². The van der Waals surface area contributed by atoms with Gasteiger partial charge in [-0.3, -0.25) is 9.78 Å². The van der Waals surface area contributed by atoms with Gasteiger partial charge >= 0.3 is 0 Å². The van der Waals surface area contributed by atoms with Crippen LogP contribution in [0.1, 0.15) is 36.0 Å². The third-order valence-corrected chi connectivity index (χ3v) is 4.39. The molecule has 3 rings (SSSR count). The van der Waals surface area contributed by atoms with Crippen LogP contribution < -0.4 is 5.32 Å². The van der Waals surface area contributed by atoms with Crippen LogP contribution in [-0.4, -0.2) is 32.4 Å². The van der Waals surface area contributed by atoms with E-state index in [1.165, 1.54) is 6.42 Å². The van der Waals surface area contributed by atoms with Gasteiger partial charge in [0.2, 0.25) is 0 Å². The van der Waals surface area contributed by atoms with Crippen molar-refractivity contribution >= 4 is 23.0 Å². The second-order valence-corrected chi connectivity index (χ2v) is 5.55. The quantitative estimate of drug-likeness (QED) is 0.883. The molecule has 6 heteroatoms. The number of carbonyl (C=O) groups is 1. The third-order valence-electron chi connectivity index (χ3n) is 3.99. The van der Waals surface area contributed by atoms with Crippen LogP contribution in [0.2, 0.25) is 0 Å². The molecule has 5 nitrogen and oxygen atoms in total. The van der Waals surface area contributed by atoms with Crippen molar-refractivity contribution < 1.29 is 4.79 Å². The van der Waals surface area contributed by atoms with Crippen LogP contribution >= 0.6 is 11.6 Å². The summed E-state index contributed by atoms with van der Waals surface area (Å²) in [5, 5.41) is 7.27. The fraction of sp³-hybridized carbons (Fsp3) is 0.500. The Morgan fingerprint density at radius 3 is 3.10 bits per heavy atom. The zero-order valence-corrected chi connectivity index (χ0v) is 11.9. The van der Waals surface area contributed by atoms with E-state index in [9.17, 15) is 4.79 Å². The van der Waals surface area contributed by atoms with Gasteiger partial charge in [-0.25, -0.2) is 4.52 Å². The maximum atomic E-state index is 12.4. The number of amides is 1. The average Bonchev–Trinajstić information content (AvgIpc) is 2.92. The number of rotatable bonds is 3. The van der Waals surface area contributed by atoms with Gasteiger partial charge in [-0.1, -0.05) is 12.8 Å². The molecule has 2 heterocycles. The Labute approximate surface area is 122 Å². The summed E-state index contributed by atoms with van der Waals surface area (Å²) in [5.41, 5.74) is 1.29. The predicted octanol–water partition coefficient (Wildman–Crippen LogP) is 2.26. The fourth-order valence-corrected chi connectivity index (χ4v) is 3.21. The third kappa shape index (κ3) is 2.50. The molecule has 20 heavy (non-hydrogen) atoms. The number of alkyl halides is 1. The Kier molecular flexibility index (Phi) is 3.87. The monoisotopic (exact) mass is 292 g/mol. The van der Waals surface area contributed by atoms with E-state index < -0.39 is 0 Å². The lowest BCUT2D eigenvalue weighted by Crippen LogP contribution is -2.42. The first-order chi connectivity index (χ1) is 9.79. The topological polar surface area (TPSA) is 59.3 Å². The number of hydrogen-bond donors (Lipinski definition) is 1. The van der Waals surface area contributed by atoms with E-state index in [2.05, 4.69) is 15.4 Å². The smallest absolute Gasteiger partial charge is 0.255 e. The van der Waals surface area contributed by atoms with Crippen molar-refractivity contribution in [2.24, 2.45) is 5.92 Å². The van der Waals surface area contributed by atoms with Crippen molar-refractivity contribution in [3.8, 4) is 0 Å². The van der Waals surface area contributed by atoms with Crippen LogP contribution in [0.15, 0.2) is 24.8 Å². The number of nitrogens with zero attached hydrogens (tertiary/aromatic N) is 3. The van der Waals surface area contributed by atoms with Gasteiger partial charge in [-0.2, -0.15) is 5.10 Å². The van der Waals surface area contributed by atoms with Gasteiger partial charge in [0.1, 0.15) is 0 Å². The predicted molar refractivity (Wildman–Crippen MR) is 76.9 cm³/mol. The highest BCUT2D eigenvalue weighted by molar-refractivity contribution is 6.18. The molecule has 1 N–H and O–H groups in total. The number of hydrogen-bond acceptors (Lipinski definition) is 3. The normalized spacial score (nSPS) is 22.9. The van der Waals surface area contributed by atoms with E-state index in [1.807, 2.05) is 0 Å². The molecule has 0 bridgehead atoms. The molecule has 2 atom stereocenters. The first kappa shape index (κ1) is 13.4. The molecule has 2 unspecified atom stereocenters. The lowest BCUT2D eigenvalue weighted by atomic mass is 9.85. The van der Waals surface area contributed by atoms with E-state index in [0.29, 0.717) is 17.4 Å². The highest BCUT2D eigenvalue weighted by Gasteiger charge is 2.26. The molecule has 1 aliphatic rings. The highest BCUT2D eigenvalue weighted by atomic mass is 35.5. The zero-order chi connectivity index (χ0) is 13.9. The molecule has 106 valence electrons. The maximum Gasteiger partial charge on any atom is 0.255 e. The first-order valence-electron chi connectivity index (χ1n) is 6.94. The van der Waals surface area contributed by atoms with Gasteiger partial charge in [-0.15, -0.1) is 11.6 Å². The molecule has 2 aromatic heterocycles. The van der Waals surface area contributed by atoms with Gasteiger partial charge in [0.15, 0.2) is 0 Å². The average molecular weight is 293 g/mol. The van der Waals surface area contributed by atoms with Gasteiger partial charge in [0.25, 0.3) is 5.91 Å². The summed E-state index contributed by atoms with van der Waals surface area (Å²) in [7, 11) is 0. The second-order valence-electron chi connectivity index (χ2n) is 5.24. The lowest BCUT2D eigenvalue weighted by molar-refractivity contribution is 0.0913. The molecule has 1 saturated carbocycles. The summed E-state index contributed by atoms with van der Waals surface area (Å²) < 4.78 is 1.65. The Morgan fingerprint density at radius 2 is 2.25 bits per heavy atom. The van der Waals surface area contributed by atoms with Crippen LogP contribution in [0.25, 0.3) is 5.52 Å². The number of nitrogens with one attached hydrogen (secondary N) is 1.